The van der Waals surface area contributed by atoms with Crippen LogP contribution in [0, 0.1) is 27.7 Å². The lowest BCUT2D eigenvalue weighted by Gasteiger charge is -2.16. The molecule has 6 nitrogen and oxygen atoms in total. The van der Waals surface area contributed by atoms with Crippen molar-refractivity contribution in [3.8, 4) is 17.1 Å². The van der Waals surface area contributed by atoms with Gasteiger partial charge in [-0.15, -0.1) is 10.2 Å². The van der Waals surface area contributed by atoms with Crippen LogP contribution in [-0.2, 0) is 6.54 Å². The highest BCUT2D eigenvalue weighted by Crippen LogP contribution is 2.25. The van der Waals surface area contributed by atoms with E-state index in [1.807, 2.05) is 58.0 Å². The van der Waals surface area contributed by atoms with Crippen molar-refractivity contribution in [1.29, 1.82) is 0 Å². The van der Waals surface area contributed by atoms with Gasteiger partial charge in [-0.1, -0.05) is 42.0 Å². The van der Waals surface area contributed by atoms with Crippen molar-refractivity contribution in [3.63, 3.8) is 0 Å². The maximum absolute atomic E-state index is 10.3. The summed E-state index contributed by atoms with van der Waals surface area (Å²) in [6.07, 6.45) is -0.727. The van der Waals surface area contributed by atoms with Crippen molar-refractivity contribution < 1.29 is 9.84 Å². The lowest BCUT2D eigenvalue weighted by atomic mass is 10.1. The van der Waals surface area contributed by atoms with E-state index in [4.69, 9.17) is 4.74 Å². The summed E-state index contributed by atoms with van der Waals surface area (Å²) in [5.41, 5.74) is 5.40. The number of aryl methyl sites for hydroxylation is 3. The van der Waals surface area contributed by atoms with Crippen LogP contribution in [0.25, 0.3) is 11.4 Å². The number of aliphatic hydroxyl groups excluding tert-OH is 1. The lowest BCUT2D eigenvalue weighted by Crippen LogP contribution is -2.25. The Bertz CT molecular complexity index is 887. The van der Waals surface area contributed by atoms with E-state index in [0.29, 0.717) is 5.82 Å². The van der Waals surface area contributed by atoms with Crippen molar-refractivity contribution >= 4 is 0 Å². The zero-order valence-corrected chi connectivity index (χ0v) is 15.6. The van der Waals surface area contributed by atoms with Crippen LogP contribution < -0.4 is 4.74 Å². The summed E-state index contributed by atoms with van der Waals surface area (Å²) in [7, 11) is 0. The predicted octanol–water partition coefficient (Wildman–Crippen LogP) is 3.01. The van der Waals surface area contributed by atoms with Gasteiger partial charge >= 0.3 is 0 Å². The van der Waals surface area contributed by atoms with E-state index in [9.17, 15) is 5.11 Å². The first-order valence-electron chi connectivity index (χ1n) is 8.66. The topological polar surface area (TPSA) is 73.1 Å². The third kappa shape index (κ3) is 4.08. The molecule has 0 saturated heterocycles. The van der Waals surface area contributed by atoms with Gasteiger partial charge in [0, 0.05) is 5.56 Å². The van der Waals surface area contributed by atoms with Gasteiger partial charge in [0.15, 0.2) is 0 Å². The molecule has 0 spiro atoms. The van der Waals surface area contributed by atoms with Gasteiger partial charge in [0.1, 0.15) is 18.5 Å². The lowest BCUT2D eigenvalue weighted by molar-refractivity contribution is 0.0843. The number of hydrogen-bond acceptors (Lipinski definition) is 5. The molecule has 136 valence electrons. The summed E-state index contributed by atoms with van der Waals surface area (Å²) in [5, 5.41) is 22.7. The van der Waals surface area contributed by atoms with Gasteiger partial charge in [-0.3, -0.25) is 0 Å². The standard InChI is InChI=1S/C20H24N4O2/c1-13-5-9-17(10-6-13)20-21-23-24(22-20)11-18(25)12-26-19-15(3)8-7-14(2)16(19)4/h5-10,18,25H,11-12H2,1-4H3/t18-/m1/s1. The molecule has 0 radical (unpaired) electrons. The number of ether oxygens (including phenoxy) is 1. The summed E-state index contributed by atoms with van der Waals surface area (Å²) in [6.45, 7) is 8.50. The van der Waals surface area contributed by atoms with E-state index in [1.54, 1.807) is 0 Å². The molecule has 0 aliphatic carbocycles. The number of aromatic nitrogens is 4. The SMILES string of the molecule is Cc1ccc(-c2nnn(C[C@@H](O)COc3c(C)ccc(C)c3C)n2)cc1. The average Bonchev–Trinajstić information content (AvgIpc) is 3.07. The van der Waals surface area contributed by atoms with E-state index in [1.165, 1.54) is 15.9 Å². The van der Waals surface area contributed by atoms with Gasteiger partial charge in [-0.05, 0) is 49.6 Å². The molecule has 0 saturated carbocycles. The molecule has 26 heavy (non-hydrogen) atoms. The highest BCUT2D eigenvalue weighted by atomic mass is 16.5. The normalized spacial score (nSPS) is 12.2. The van der Waals surface area contributed by atoms with Gasteiger partial charge in [0.05, 0.1) is 6.54 Å². The van der Waals surface area contributed by atoms with Crippen molar-refractivity contribution in [2.24, 2.45) is 0 Å². The molecule has 2 aromatic carbocycles. The summed E-state index contributed by atoms with van der Waals surface area (Å²) in [5.74, 6) is 1.37. The fourth-order valence-electron chi connectivity index (χ4n) is 2.71. The van der Waals surface area contributed by atoms with E-state index >= 15 is 0 Å². The van der Waals surface area contributed by atoms with Crippen LogP contribution in [0.1, 0.15) is 22.3 Å². The maximum Gasteiger partial charge on any atom is 0.204 e. The number of aliphatic hydroxyl groups is 1. The first-order valence-corrected chi connectivity index (χ1v) is 8.66. The average molecular weight is 352 g/mol. The van der Waals surface area contributed by atoms with Crippen molar-refractivity contribution in [3.05, 3.63) is 58.7 Å². The molecule has 0 bridgehead atoms. The Morgan fingerprint density at radius 3 is 2.42 bits per heavy atom. The molecule has 0 fully saturated rings. The molecule has 1 aromatic heterocycles. The van der Waals surface area contributed by atoms with Gasteiger partial charge in [0.25, 0.3) is 0 Å². The van der Waals surface area contributed by atoms with Gasteiger partial charge in [-0.25, -0.2) is 0 Å². The van der Waals surface area contributed by atoms with Crippen LogP contribution in [0.4, 0.5) is 0 Å². The van der Waals surface area contributed by atoms with Crippen LogP contribution in [0.3, 0.4) is 0 Å². The van der Waals surface area contributed by atoms with Crippen LogP contribution in [0.15, 0.2) is 36.4 Å². The molecule has 3 aromatic rings. The molecule has 1 heterocycles. The van der Waals surface area contributed by atoms with E-state index in [0.717, 1.165) is 22.4 Å². The quantitative estimate of drug-likeness (QED) is 0.738. The number of nitrogens with zero attached hydrogens (tertiary/aromatic N) is 4. The van der Waals surface area contributed by atoms with E-state index < -0.39 is 6.10 Å². The van der Waals surface area contributed by atoms with E-state index in [-0.39, 0.29) is 13.2 Å². The monoisotopic (exact) mass is 352 g/mol. The Balaban J connectivity index is 1.61. The van der Waals surface area contributed by atoms with Crippen molar-refractivity contribution in [1.82, 2.24) is 20.2 Å². The van der Waals surface area contributed by atoms with Gasteiger partial charge < -0.3 is 9.84 Å². The highest BCUT2D eigenvalue weighted by Gasteiger charge is 2.13. The molecular weight excluding hydrogens is 328 g/mol. The minimum atomic E-state index is -0.727. The van der Waals surface area contributed by atoms with Crippen LogP contribution in [-0.4, -0.2) is 38.0 Å². The molecule has 0 unspecified atom stereocenters. The Labute approximate surface area is 153 Å². The number of tetrazole rings is 1. The third-order valence-electron chi connectivity index (χ3n) is 4.43. The molecule has 1 atom stereocenters. The second kappa shape index (κ2) is 7.66. The molecule has 0 aliphatic heterocycles. The molecule has 1 N–H and O–H groups in total. The fraction of sp³-hybridized carbons (Fsp3) is 0.350. The van der Waals surface area contributed by atoms with E-state index in [2.05, 4.69) is 21.5 Å². The number of hydrogen-bond donors (Lipinski definition) is 1. The maximum atomic E-state index is 10.3. The summed E-state index contributed by atoms with van der Waals surface area (Å²) < 4.78 is 5.85. The fourth-order valence-corrected chi connectivity index (χ4v) is 2.71. The first-order chi connectivity index (χ1) is 12.4. The second-order valence-electron chi connectivity index (χ2n) is 6.65. The Kier molecular flexibility index (Phi) is 5.32. The summed E-state index contributed by atoms with van der Waals surface area (Å²) in [6, 6.07) is 12.0. The third-order valence-corrected chi connectivity index (χ3v) is 4.43. The number of rotatable bonds is 6. The predicted molar refractivity (Wildman–Crippen MR) is 100 cm³/mol. The molecule has 0 aliphatic rings. The summed E-state index contributed by atoms with van der Waals surface area (Å²) >= 11 is 0. The minimum absolute atomic E-state index is 0.173. The first kappa shape index (κ1) is 18.1. The van der Waals surface area contributed by atoms with Crippen LogP contribution in [0.5, 0.6) is 5.75 Å². The summed E-state index contributed by atoms with van der Waals surface area (Å²) in [4.78, 5) is 1.40. The number of benzene rings is 2. The van der Waals surface area contributed by atoms with Crippen LogP contribution in [0.2, 0.25) is 0 Å². The zero-order chi connectivity index (χ0) is 18.7. The van der Waals surface area contributed by atoms with Crippen LogP contribution >= 0.6 is 0 Å². The molecular formula is C20H24N4O2. The Morgan fingerprint density at radius 1 is 1.00 bits per heavy atom. The minimum Gasteiger partial charge on any atom is -0.490 e. The Morgan fingerprint density at radius 2 is 1.69 bits per heavy atom. The van der Waals surface area contributed by atoms with Crippen molar-refractivity contribution in [2.75, 3.05) is 6.61 Å². The van der Waals surface area contributed by atoms with Gasteiger partial charge in [0.2, 0.25) is 5.82 Å². The largest absolute Gasteiger partial charge is 0.490 e. The second-order valence-corrected chi connectivity index (χ2v) is 6.65. The van der Waals surface area contributed by atoms with Crippen molar-refractivity contribution in [2.45, 2.75) is 40.3 Å². The van der Waals surface area contributed by atoms with Gasteiger partial charge in [-0.2, -0.15) is 4.80 Å². The molecule has 6 heteroatoms. The molecule has 0 amide bonds. The molecule has 3 rings (SSSR count). The highest BCUT2D eigenvalue weighted by molar-refractivity contribution is 5.54. The Hall–Kier alpha value is -2.73. The smallest absolute Gasteiger partial charge is 0.204 e. The zero-order valence-electron chi connectivity index (χ0n) is 15.6.